The number of hydrogen-bond acceptors (Lipinski definition) is 6. The van der Waals surface area contributed by atoms with Gasteiger partial charge in [-0.2, -0.15) is 0 Å². The number of cyclic esters (lactones) is 1. The van der Waals surface area contributed by atoms with Crippen LogP contribution in [0.2, 0.25) is 0 Å². The van der Waals surface area contributed by atoms with Gasteiger partial charge in [-0.1, -0.05) is 0 Å². The molecule has 144 valence electrons. The monoisotopic (exact) mass is 388 g/mol. The van der Waals surface area contributed by atoms with Crippen LogP contribution in [0.3, 0.4) is 0 Å². The quantitative estimate of drug-likeness (QED) is 0.432. The van der Waals surface area contributed by atoms with Crippen LogP contribution in [0, 0.1) is 0 Å². The SMILES string of the molecule is CC(C)OC1C(=O)OCc2c1cc1n(c2=O)Cc2cc3cc4c(=O)c4cc3nc2-1. The van der Waals surface area contributed by atoms with Crippen molar-refractivity contribution in [1.82, 2.24) is 9.55 Å². The fourth-order valence-corrected chi connectivity index (χ4v) is 4.30. The molecule has 0 spiro atoms. The predicted octanol–water partition coefficient (Wildman–Crippen LogP) is 2.34. The number of carbonyl (C=O) groups excluding carboxylic acids is 1. The second kappa shape index (κ2) is 5.39. The third-order valence-electron chi connectivity index (χ3n) is 5.73. The number of fused-ring (bicyclic) bond motifs is 6. The summed E-state index contributed by atoms with van der Waals surface area (Å²) in [6.45, 7) is 4.01. The second-order valence-corrected chi connectivity index (χ2v) is 7.94. The summed E-state index contributed by atoms with van der Waals surface area (Å²) in [7, 11) is 0. The van der Waals surface area contributed by atoms with Crippen molar-refractivity contribution in [1.29, 1.82) is 0 Å². The van der Waals surface area contributed by atoms with Gasteiger partial charge in [0.1, 0.15) is 6.61 Å². The maximum Gasteiger partial charge on any atom is 0.340 e. The molecule has 0 bridgehead atoms. The fraction of sp³-hybridized carbons (Fsp3) is 0.273. The van der Waals surface area contributed by atoms with Gasteiger partial charge in [0, 0.05) is 27.3 Å². The average molecular weight is 388 g/mol. The van der Waals surface area contributed by atoms with E-state index in [2.05, 4.69) is 0 Å². The number of ether oxygens (including phenoxy) is 2. The molecule has 7 nitrogen and oxygen atoms in total. The molecule has 2 aromatic carbocycles. The lowest BCUT2D eigenvalue weighted by molar-refractivity contribution is -0.165. The van der Waals surface area contributed by atoms with Crippen LogP contribution in [0.15, 0.2) is 33.9 Å². The summed E-state index contributed by atoms with van der Waals surface area (Å²) < 4.78 is 12.6. The molecule has 0 N–H and O–H groups in total. The first-order valence-corrected chi connectivity index (χ1v) is 9.54. The van der Waals surface area contributed by atoms with Gasteiger partial charge in [0.2, 0.25) is 0 Å². The van der Waals surface area contributed by atoms with Gasteiger partial charge in [0.05, 0.1) is 35.1 Å². The molecule has 0 radical (unpaired) electrons. The minimum Gasteiger partial charge on any atom is -0.458 e. The lowest BCUT2D eigenvalue weighted by Crippen LogP contribution is -2.34. The summed E-state index contributed by atoms with van der Waals surface area (Å²) in [4.78, 5) is 41.9. The molecule has 0 saturated carbocycles. The number of rotatable bonds is 2. The van der Waals surface area contributed by atoms with Crippen LogP contribution >= 0.6 is 0 Å². The van der Waals surface area contributed by atoms with E-state index in [1.54, 1.807) is 10.6 Å². The Kier molecular flexibility index (Phi) is 3.09. The van der Waals surface area contributed by atoms with Crippen molar-refractivity contribution in [3.8, 4) is 11.4 Å². The van der Waals surface area contributed by atoms with Gasteiger partial charge in [-0.25, -0.2) is 9.78 Å². The Morgan fingerprint density at radius 1 is 1.14 bits per heavy atom. The number of esters is 1. The van der Waals surface area contributed by atoms with E-state index in [9.17, 15) is 14.4 Å². The van der Waals surface area contributed by atoms with Crippen LogP contribution in [0.1, 0.15) is 36.6 Å². The van der Waals surface area contributed by atoms with Gasteiger partial charge in [0.25, 0.3) is 5.56 Å². The molecule has 4 heterocycles. The normalized spacial score (nSPS) is 17.8. The molecule has 4 aromatic rings. The van der Waals surface area contributed by atoms with Gasteiger partial charge >= 0.3 is 5.97 Å². The summed E-state index contributed by atoms with van der Waals surface area (Å²) in [6.07, 6.45) is -1.12. The Balaban J connectivity index is 1.57. The van der Waals surface area contributed by atoms with Crippen LogP contribution in [0.25, 0.3) is 33.1 Å². The number of nitrogens with zero attached hydrogens (tertiary/aromatic N) is 2. The summed E-state index contributed by atoms with van der Waals surface area (Å²) in [5, 5.41) is 2.34. The Labute approximate surface area is 164 Å². The van der Waals surface area contributed by atoms with Crippen LogP contribution in [-0.2, 0) is 27.4 Å². The van der Waals surface area contributed by atoms with Gasteiger partial charge in [-0.15, -0.1) is 0 Å². The fourth-order valence-electron chi connectivity index (χ4n) is 4.30. The van der Waals surface area contributed by atoms with Crippen molar-refractivity contribution >= 4 is 27.6 Å². The van der Waals surface area contributed by atoms with Crippen molar-refractivity contribution in [3.05, 3.63) is 61.5 Å². The number of benzene rings is 1. The summed E-state index contributed by atoms with van der Waals surface area (Å²) in [6, 6.07) is 7.47. The Hall–Kier alpha value is -3.32. The maximum atomic E-state index is 13.2. The molecular formula is C22H16N2O5. The van der Waals surface area contributed by atoms with E-state index in [0.29, 0.717) is 34.4 Å². The van der Waals surface area contributed by atoms with Crippen molar-refractivity contribution < 1.29 is 14.3 Å². The molecule has 2 aliphatic heterocycles. The summed E-state index contributed by atoms with van der Waals surface area (Å²) >= 11 is 0. The lowest BCUT2D eigenvalue weighted by atomic mass is 10.00. The number of aromatic nitrogens is 2. The van der Waals surface area contributed by atoms with Gasteiger partial charge in [-0.05, 0) is 38.1 Å². The zero-order chi connectivity index (χ0) is 20.0. The van der Waals surface area contributed by atoms with E-state index < -0.39 is 12.1 Å². The summed E-state index contributed by atoms with van der Waals surface area (Å²) in [5.41, 5.74) is 3.89. The first kappa shape index (κ1) is 16.6. The van der Waals surface area contributed by atoms with E-state index in [1.807, 2.05) is 32.0 Å². The van der Waals surface area contributed by atoms with E-state index in [1.165, 1.54) is 0 Å². The molecule has 0 saturated heterocycles. The minimum atomic E-state index is -0.921. The van der Waals surface area contributed by atoms with Crippen molar-refractivity contribution in [3.63, 3.8) is 0 Å². The third kappa shape index (κ3) is 2.22. The van der Waals surface area contributed by atoms with Crippen LogP contribution in [-0.4, -0.2) is 21.6 Å². The highest BCUT2D eigenvalue weighted by Gasteiger charge is 2.36. The van der Waals surface area contributed by atoms with Gasteiger partial charge in [-0.3, -0.25) is 9.59 Å². The zero-order valence-corrected chi connectivity index (χ0v) is 15.8. The highest BCUT2D eigenvalue weighted by atomic mass is 16.6. The summed E-state index contributed by atoms with van der Waals surface area (Å²) in [5.74, 6) is -0.484. The molecule has 6 rings (SSSR count). The largest absolute Gasteiger partial charge is 0.458 e. The highest BCUT2D eigenvalue weighted by Crippen LogP contribution is 2.37. The number of hydrogen-bond donors (Lipinski definition) is 0. The minimum absolute atomic E-state index is 0.0498. The maximum absolute atomic E-state index is 13.2. The smallest absolute Gasteiger partial charge is 0.340 e. The zero-order valence-electron chi connectivity index (χ0n) is 15.8. The van der Waals surface area contributed by atoms with Crippen molar-refractivity contribution in [2.75, 3.05) is 0 Å². The first-order valence-electron chi connectivity index (χ1n) is 9.54. The first-order chi connectivity index (χ1) is 13.9. The van der Waals surface area contributed by atoms with E-state index in [0.717, 1.165) is 21.9 Å². The van der Waals surface area contributed by atoms with Crippen LogP contribution in [0.5, 0.6) is 0 Å². The molecular weight excluding hydrogens is 372 g/mol. The molecule has 0 fully saturated rings. The second-order valence-electron chi connectivity index (χ2n) is 7.94. The topological polar surface area (TPSA) is 87.5 Å². The van der Waals surface area contributed by atoms with Crippen LogP contribution < -0.4 is 11.0 Å². The van der Waals surface area contributed by atoms with Crippen LogP contribution in [0.4, 0.5) is 0 Å². The molecule has 2 aromatic heterocycles. The third-order valence-corrected chi connectivity index (χ3v) is 5.73. The number of pyridine rings is 2. The van der Waals surface area contributed by atoms with E-state index in [4.69, 9.17) is 14.5 Å². The standard InChI is InChI=1S/C22H16N2O5/c1-9(2)29-20-14-6-17-18-11(7-24(17)21(26)15(14)8-28-22(20)27)3-10-4-12-13(19(12)25)5-16(10)23-18/h3-6,9,20H,7-8H2,1-2H3. The molecule has 1 atom stereocenters. The number of carbonyl (C=O) groups is 1. The Bertz CT molecular complexity index is 1450. The van der Waals surface area contributed by atoms with Crippen molar-refractivity contribution in [2.24, 2.45) is 0 Å². The molecule has 0 aliphatic carbocycles. The average Bonchev–Trinajstić information content (AvgIpc) is 3.15. The van der Waals surface area contributed by atoms with Gasteiger partial charge in [0.15, 0.2) is 11.5 Å². The van der Waals surface area contributed by atoms with E-state index in [-0.39, 0.29) is 23.7 Å². The molecule has 0 amide bonds. The molecule has 7 heteroatoms. The van der Waals surface area contributed by atoms with E-state index >= 15 is 0 Å². The lowest BCUT2D eigenvalue weighted by Gasteiger charge is -2.26. The Morgan fingerprint density at radius 2 is 1.93 bits per heavy atom. The molecule has 1 unspecified atom stereocenters. The van der Waals surface area contributed by atoms with Gasteiger partial charge < -0.3 is 14.0 Å². The highest BCUT2D eigenvalue weighted by molar-refractivity contribution is 6.06. The Morgan fingerprint density at radius 3 is 2.72 bits per heavy atom. The molecule has 29 heavy (non-hydrogen) atoms. The predicted molar refractivity (Wildman–Crippen MR) is 105 cm³/mol. The molecule has 2 aliphatic rings. The van der Waals surface area contributed by atoms with Crippen molar-refractivity contribution in [2.45, 2.75) is 39.2 Å².